The number of nitriles is 1. The SMILES string of the molecule is CNC(CC(=O)N1CCN(C(C#N)c2cccnc2C)CC1)c1ccccc1. The Bertz CT molecular complexity index is 824. The molecule has 1 amide bonds. The van der Waals surface area contributed by atoms with E-state index >= 15 is 0 Å². The highest BCUT2D eigenvalue weighted by Crippen LogP contribution is 2.24. The molecule has 2 unspecified atom stereocenters. The minimum absolute atomic E-state index is 0.0108. The molecule has 6 nitrogen and oxygen atoms in total. The Balaban J connectivity index is 1.59. The van der Waals surface area contributed by atoms with Gasteiger partial charge in [-0.05, 0) is 25.6 Å². The van der Waals surface area contributed by atoms with Crippen LogP contribution >= 0.6 is 0 Å². The summed E-state index contributed by atoms with van der Waals surface area (Å²) in [5, 5.41) is 12.9. The zero-order valence-corrected chi connectivity index (χ0v) is 16.5. The van der Waals surface area contributed by atoms with Crippen LogP contribution in [0.4, 0.5) is 0 Å². The van der Waals surface area contributed by atoms with Crippen molar-refractivity contribution in [3.63, 3.8) is 0 Å². The molecule has 1 aromatic carbocycles. The lowest BCUT2D eigenvalue weighted by Crippen LogP contribution is -2.50. The first-order valence-electron chi connectivity index (χ1n) is 9.69. The lowest BCUT2D eigenvalue weighted by atomic mass is 10.0. The molecule has 1 N–H and O–H groups in total. The number of piperazine rings is 1. The summed E-state index contributed by atoms with van der Waals surface area (Å²) in [6.45, 7) is 4.59. The fraction of sp³-hybridized carbons (Fsp3) is 0.409. The monoisotopic (exact) mass is 377 g/mol. The van der Waals surface area contributed by atoms with E-state index in [0.29, 0.717) is 32.6 Å². The molecule has 1 aliphatic heterocycles. The average molecular weight is 377 g/mol. The second-order valence-corrected chi connectivity index (χ2v) is 7.08. The van der Waals surface area contributed by atoms with Gasteiger partial charge in [-0.15, -0.1) is 0 Å². The van der Waals surface area contributed by atoms with Gasteiger partial charge in [-0.3, -0.25) is 14.7 Å². The van der Waals surface area contributed by atoms with E-state index in [0.717, 1.165) is 16.8 Å². The van der Waals surface area contributed by atoms with E-state index < -0.39 is 0 Å². The maximum Gasteiger partial charge on any atom is 0.224 e. The van der Waals surface area contributed by atoms with Crippen molar-refractivity contribution in [2.24, 2.45) is 0 Å². The summed E-state index contributed by atoms with van der Waals surface area (Å²) < 4.78 is 0. The Labute approximate surface area is 166 Å². The highest BCUT2D eigenvalue weighted by atomic mass is 16.2. The van der Waals surface area contributed by atoms with Crippen molar-refractivity contribution in [1.82, 2.24) is 20.1 Å². The van der Waals surface area contributed by atoms with Crippen LogP contribution in [0.25, 0.3) is 0 Å². The lowest BCUT2D eigenvalue weighted by Gasteiger charge is -2.37. The lowest BCUT2D eigenvalue weighted by molar-refractivity contribution is -0.133. The van der Waals surface area contributed by atoms with Crippen molar-refractivity contribution in [2.45, 2.75) is 25.4 Å². The van der Waals surface area contributed by atoms with Gasteiger partial charge in [-0.25, -0.2) is 0 Å². The molecule has 2 heterocycles. The van der Waals surface area contributed by atoms with Gasteiger partial charge >= 0.3 is 0 Å². The molecule has 2 aromatic rings. The van der Waals surface area contributed by atoms with E-state index in [4.69, 9.17) is 0 Å². The van der Waals surface area contributed by atoms with Crippen LogP contribution in [0.1, 0.15) is 35.3 Å². The Morgan fingerprint density at radius 2 is 1.89 bits per heavy atom. The minimum Gasteiger partial charge on any atom is -0.340 e. The summed E-state index contributed by atoms with van der Waals surface area (Å²) in [4.78, 5) is 21.2. The number of aryl methyl sites for hydroxylation is 1. The number of carbonyl (C=O) groups is 1. The highest BCUT2D eigenvalue weighted by Gasteiger charge is 2.28. The van der Waals surface area contributed by atoms with Crippen molar-refractivity contribution in [1.29, 1.82) is 5.26 Å². The average Bonchev–Trinajstić information content (AvgIpc) is 2.75. The molecule has 1 saturated heterocycles. The van der Waals surface area contributed by atoms with Crippen LogP contribution in [0, 0.1) is 18.3 Å². The number of carbonyl (C=O) groups excluding carboxylic acids is 1. The summed E-state index contributed by atoms with van der Waals surface area (Å²) >= 11 is 0. The van der Waals surface area contributed by atoms with E-state index in [9.17, 15) is 10.1 Å². The third kappa shape index (κ3) is 4.56. The summed E-state index contributed by atoms with van der Waals surface area (Å²) in [5.41, 5.74) is 2.95. The van der Waals surface area contributed by atoms with Crippen LogP contribution in [0.5, 0.6) is 0 Å². The number of pyridine rings is 1. The Morgan fingerprint density at radius 3 is 2.50 bits per heavy atom. The van der Waals surface area contributed by atoms with Crippen molar-refractivity contribution in [3.8, 4) is 6.07 Å². The quantitative estimate of drug-likeness (QED) is 0.837. The first kappa shape index (κ1) is 20.0. The number of nitrogens with one attached hydrogen (secondary N) is 1. The van der Waals surface area contributed by atoms with Gasteiger partial charge in [-0.1, -0.05) is 36.4 Å². The van der Waals surface area contributed by atoms with Crippen LogP contribution in [0.3, 0.4) is 0 Å². The number of aromatic nitrogens is 1. The number of rotatable bonds is 6. The smallest absolute Gasteiger partial charge is 0.224 e. The third-order valence-corrected chi connectivity index (χ3v) is 5.43. The highest BCUT2D eigenvalue weighted by molar-refractivity contribution is 5.77. The Morgan fingerprint density at radius 1 is 1.18 bits per heavy atom. The maximum atomic E-state index is 12.8. The molecule has 1 fully saturated rings. The Kier molecular flexibility index (Phi) is 6.75. The molecule has 0 aliphatic carbocycles. The number of amides is 1. The first-order valence-corrected chi connectivity index (χ1v) is 9.69. The molecule has 1 aromatic heterocycles. The second-order valence-electron chi connectivity index (χ2n) is 7.08. The van der Waals surface area contributed by atoms with Gasteiger partial charge in [0.25, 0.3) is 0 Å². The standard InChI is InChI=1S/C22H27N5O/c1-17-19(9-6-10-25-17)21(16-23)26-11-13-27(14-12-26)22(28)15-20(24-2)18-7-4-3-5-8-18/h3-10,20-21,24H,11-15H2,1-2H3. The van der Waals surface area contributed by atoms with Crippen LogP contribution in [0.15, 0.2) is 48.7 Å². The first-order chi connectivity index (χ1) is 13.6. The molecule has 0 radical (unpaired) electrons. The predicted octanol–water partition coefficient (Wildman–Crippen LogP) is 2.45. The van der Waals surface area contributed by atoms with Crippen LogP contribution in [-0.4, -0.2) is 53.9 Å². The third-order valence-electron chi connectivity index (χ3n) is 5.43. The molecule has 0 saturated carbocycles. The summed E-state index contributed by atoms with van der Waals surface area (Å²) in [5.74, 6) is 0.147. The van der Waals surface area contributed by atoms with Crippen molar-refractivity contribution < 1.29 is 4.79 Å². The van der Waals surface area contributed by atoms with Gasteiger partial charge in [0.1, 0.15) is 6.04 Å². The van der Waals surface area contributed by atoms with E-state index in [1.165, 1.54) is 0 Å². The molecular weight excluding hydrogens is 350 g/mol. The van der Waals surface area contributed by atoms with Gasteiger partial charge in [0.2, 0.25) is 5.91 Å². The van der Waals surface area contributed by atoms with Crippen LogP contribution < -0.4 is 5.32 Å². The maximum absolute atomic E-state index is 12.8. The molecular formula is C22H27N5O. The zero-order valence-electron chi connectivity index (χ0n) is 16.5. The largest absolute Gasteiger partial charge is 0.340 e. The molecule has 2 atom stereocenters. The minimum atomic E-state index is -0.319. The normalized spacial score (nSPS) is 17.0. The van der Waals surface area contributed by atoms with Crippen LogP contribution in [0.2, 0.25) is 0 Å². The molecule has 0 bridgehead atoms. The predicted molar refractivity (Wildman–Crippen MR) is 108 cm³/mol. The van der Waals surface area contributed by atoms with Crippen molar-refractivity contribution in [3.05, 3.63) is 65.5 Å². The fourth-order valence-corrected chi connectivity index (χ4v) is 3.74. The van der Waals surface area contributed by atoms with Crippen LogP contribution in [-0.2, 0) is 4.79 Å². The van der Waals surface area contributed by atoms with E-state index in [1.54, 1.807) is 6.20 Å². The van der Waals surface area contributed by atoms with E-state index in [-0.39, 0.29) is 18.0 Å². The van der Waals surface area contributed by atoms with Gasteiger partial charge in [0.05, 0.1) is 6.07 Å². The molecule has 0 spiro atoms. The van der Waals surface area contributed by atoms with Gasteiger partial charge in [0, 0.05) is 56.1 Å². The topological polar surface area (TPSA) is 72.3 Å². The van der Waals surface area contributed by atoms with E-state index in [2.05, 4.69) is 21.3 Å². The number of hydrogen-bond acceptors (Lipinski definition) is 5. The summed E-state index contributed by atoms with van der Waals surface area (Å²) in [6.07, 6.45) is 2.18. The van der Waals surface area contributed by atoms with Gasteiger partial charge in [0.15, 0.2) is 0 Å². The Hall–Kier alpha value is -2.75. The van der Waals surface area contributed by atoms with Gasteiger partial charge in [-0.2, -0.15) is 5.26 Å². The van der Waals surface area contributed by atoms with Crippen molar-refractivity contribution >= 4 is 5.91 Å². The molecule has 3 rings (SSSR count). The van der Waals surface area contributed by atoms with E-state index in [1.807, 2.05) is 61.3 Å². The molecule has 28 heavy (non-hydrogen) atoms. The number of benzene rings is 1. The number of nitrogens with zero attached hydrogens (tertiary/aromatic N) is 4. The second kappa shape index (κ2) is 9.45. The molecule has 1 aliphatic rings. The molecule has 6 heteroatoms. The van der Waals surface area contributed by atoms with Gasteiger partial charge < -0.3 is 10.2 Å². The number of hydrogen-bond donors (Lipinski definition) is 1. The van der Waals surface area contributed by atoms with Crippen molar-refractivity contribution in [2.75, 3.05) is 33.2 Å². The summed E-state index contributed by atoms with van der Waals surface area (Å²) in [7, 11) is 1.89. The summed E-state index contributed by atoms with van der Waals surface area (Å²) in [6, 6.07) is 16.0. The zero-order chi connectivity index (χ0) is 19.9. The molecule has 146 valence electrons. The fourth-order valence-electron chi connectivity index (χ4n) is 3.74.